The van der Waals surface area contributed by atoms with E-state index in [9.17, 15) is 4.79 Å². The topological polar surface area (TPSA) is 62.6 Å². The highest BCUT2D eigenvalue weighted by Crippen LogP contribution is 2.19. The van der Waals surface area contributed by atoms with Crippen LogP contribution in [0, 0.1) is 0 Å². The van der Waals surface area contributed by atoms with Crippen LogP contribution in [0.1, 0.15) is 16.1 Å². The first kappa shape index (κ1) is 20.2. The van der Waals surface area contributed by atoms with Crippen LogP contribution in [-0.4, -0.2) is 42.1 Å². The van der Waals surface area contributed by atoms with E-state index in [1.807, 2.05) is 36.4 Å². The van der Waals surface area contributed by atoms with E-state index in [1.165, 1.54) is 17.4 Å². The second-order valence-electron chi connectivity index (χ2n) is 8.14. The van der Waals surface area contributed by atoms with Gasteiger partial charge in [-0.25, -0.2) is 4.98 Å². The number of hydrogen-bond donors (Lipinski definition) is 2. The molecule has 6 nitrogen and oxygen atoms in total. The lowest BCUT2D eigenvalue weighted by Crippen LogP contribution is -3.13. The van der Waals surface area contributed by atoms with E-state index in [4.69, 9.17) is 0 Å². The van der Waals surface area contributed by atoms with Crippen LogP contribution in [0.5, 0.6) is 0 Å². The van der Waals surface area contributed by atoms with Crippen molar-refractivity contribution in [3.05, 3.63) is 96.3 Å². The molecule has 32 heavy (non-hydrogen) atoms. The third-order valence-corrected chi connectivity index (χ3v) is 5.94. The largest absolute Gasteiger partial charge is 0.360 e. The zero-order valence-corrected chi connectivity index (χ0v) is 17.9. The number of nitrogens with one attached hydrogen (secondary N) is 2. The highest BCUT2D eigenvalue weighted by atomic mass is 16.1. The van der Waals surface area contributed by atoms with Crippen LogP contribution < -0.4 is 15.1 Å². The van der Waals surface area contributed by atoms with Gasteiger partial charge in [0.25, 0.3) is 5.91 Å². The molecule has 1 saturated heterocycles. The monoisotopic (exact) mass is 424 g/mol. The number of anilines is 2. The van der Waals surface area contributed by atoms with Gasteiger partial charge in [0.15, 0.2) is 0 Å². The van der Waals surface area contributed by atoms with E-state index in [-0.39, 0.29) is 5.91 Å². The Morgan fingerprint density at radius 1 is 0.875 bits per heavy atom. The summed E-state index contributed by atoms with van der Waals surface area (Å²) in [5.74, 6) is -0.255. The Morgan fingerprint density at radius 3 is 2.31 bits per heavy atom. The summed E-state index contributed by atoms with van der Waals surface area (Å²) in [4.78, 5) is 25.4. The first-order valence-electron chi connectivity index (χ1n) is 11.0. The van der Waals surface area contributed by atoms with Crippen molar-refractivity contribution in [2.24, 2.45) is 0 Å². The van der Waals surface area contributed by atoms with E-state index in [2.05, 4.69) is 62.6 Å². The first-order valence-corrected chi connectivity index (χ1v) is 11.0. The van der Waals surface area contributed by atoms with Crippen molar-refractivity contribution in [2.75, 3.05) is 36.4 Å². The molecule has 0 unspecified atom stereocenters. The Kier molecular flexibility index (Phi) is 5.77. The van der Waals surface area contributed by atoms with Crippen LogP contribution in [0.3, 0.4) is 0 Å². The summed E-state index contributed by atoms with van der Waals surface area (Å²) in [6, 6.07) is 26.3. The van der Waals surface area contributed by atoms with Crippen molar-refractivity contribution in [3.63, 3.8) is 0 Å². The van der Waals surface area contributed by atoms with Crippen molar-refractivity contribution >= 4 is 28.3 Å². The molecule has 2 heterocycles. The molecule has 1 aliphatic rings. The molecule has 5 rings (SSSR count). The molecule has 1 aromatic heterocycles. The van der Waals surface area contributed by atoms with Gasteiger partial charge < -0.3 is 15.1 Å². The van der Waals surface area contributed by atoms with Crippen LogP contribution in [0.15, 0.2) is 85.1 Å². The second-order valence-corrected chi connectivity index (χ2v) is 8.14. The molecule has 3 aromatic carbocycles. The lowest BCUT2D eigenvalue weighted by molar-refractivity contribution is -0.914. The summed E-state index contributed by atoms with van der Waals surface area (Å²) in [6.07, 6.45) is 1.52. The van der Waals surface area contributed by atoms with Crippen LogP contribution >= 0.6 is 0 Å². The maximum Gasteiger partial charge on any atom is 0.275 e. The number of amides is 1. The average Bonchev–Trinajstić information content (AvgIpc) is 2.85. The SMILES string of the molecule is O=C(Nc1ccc(N2CC[NH+](Cc3ccccc3)CC2)cc1)c1cnc2ccccc2n1. The first-order chi connectivity index (χ1) is 15.7. The lowest BCUT2D eigenvalue weighted by atomic mass is 10.2. The van der Waals surface area contributed by atoms with Gasteiger partial charge in [0.2, 0.25) is 0 Å². The second kappa shape index (κ2) is 9.16. The predicted octanol–water partition coefficient (Wildman–Crippen LogP) is 2.79. The molecule has 4 aromatic rings. The van der Waals surface area contributed by atoms with E-state index in [0.29, 0.717) is 11.2 Å². The van der Waals surface area contributed by atoms with Crippen LogP contribution in [0.4, 0.5) is 11.4 Å². The predicted molar refractivity (Wildman–Crippen MR) is 127 cm³/mol. The number of aromatic nitrogens is 2. The standard InChI is InChI=1S/C26H25N5O/c32-26(25-18-27-23-8-4-5-9-24(23)29-25)28-21-10-12-22(13-11-21)31-16-14-30(15-17-31)19-20-6-2-1-3-7-20/h1-13,18H,14-17,19H2,(H,28,32)/p+1. The fourth-order valence-electron chi connectivity index (χ4n) is 4.16. The fourth-order valence-corrected chi connectivity index (χ4v) is 4.16. The number of piperazine rings is 1. The molecule has 0 bridgehead atoms. The molecular formula is C26H26N5O+. The zero-order valence-electron chi connectivity index (χ0n) is 17.9. The minimum atomic E-state index is -0.255. The maximum absolute atomic E-state index is 12.6. The number of para-hydroxylation sites is 2. The van der Waals surface area contributed by atoms with Gasteiger partial charge in [0, 0.05) is 16.9 Å². The number of rotatable bonds is 5. The van der Waals surface area contributed by atoms with E-state index in [1.54, 1.807) is 4.90 Å². The van der Waals surface area contributed by atoms with Gasteiger partial charge in [-0.05, 0) is 36.4 Å². The van der Waals surface area contributed by atoms with Gasteiger partial charge in [-0.2, -0.15) is 0 Å². The molecule has 1 fully saturated rings. The Bertz CT molecular complexity index is 1200. The molecule has 0 radical (unpaired) electrons. The number of benzene rings is 3. The summed E-state index contributed by atoms with van der Waals surface area (Å²) in [7, 11) is 0. The number of quaternary nitrogens is 1. The summed E-state index contributed by atoms with van der Waals surface area (Å²) >= 11 is 0. The Morgan fingerprint density at radius 2 is 1.56 bits per heavy atom. The summed E-state index contributed by atoms with van der Waals surface area (Å²) < 4.78 is 0. The van der Waals surface area contributed by atoms with Crippen LogP contribution in [0.2, 0.25) is 0 Å². The number of nitrogens with zero attached hydrogens (tertiary/aromatic N) is 3. The average molecular weight is 425 g/mol. The van der Waals surface area contributed by atoms with E-state index in [0.717, 1.165) is 43.9 Å². The maximum atomic E-state index is 12.6. The summed E-state index contributed by atoms with van der Waals surface area (Å²) in [6.45, 7) is 5.38. The third kappa shape index (κ3) is 4.60. The van der Waals surface area contributed by atoms with Crippen molar-refractivity contribution in [1.82, 2.24) is 9.97 Å². The zero-order chi connectivity index (χ0) is 21.8. The fraction of sp³-hybridized carbons (Fsp3) is 0.192. The number of carbonyl (C=O) groups is 1. The third-order valence-electron chi connectivity index (χ3n) is 5.94. The van der Waals surface area contributed by atoms with Crippen molar-refractivity contribution in [1.29, 1.82) is 0 Å². The molecule has 160 valence electrons. The van der Waals surface area contributed by atoms with E-state index >= 15 is 0 Å². The highest BCUT2D eigenvalue weighted by molar-refractivity contribution is 6.03. The number of carbonyl (C=O) groups excluding carboxylic acids is 1. The molecule has 0 atom stereocenters. The van der Waals surface area contributed by atoms with Gasteiger partial charge in [-0.3, -0.25) is 9.78 Å². The molecular weight excluding hydrogens is 398 g/mol. The summed E-state index contributed by atoms with van der Waals surface area (Å²) in [5.41, 5.74) is 5.13. The van der Waals surface area contributed by atoms with Gasteiger partial charge in [-0.1, -0.05) is 42.5 Å². The lowest BCUT2D eigenvalue weighted by Gasteiger charge is -2.33. The minimum Gasteiger partial charge on any atom is -0.360 e. The quantitative estimate of drug-likeness (QED) is 0.517. The molecule has 1 aliphatic heterocycles. The number of hydrogen-bond acceptors (Lipinski definition) is 4. The molecule has 0 aliphatic carbocycles. The van der Waals surface area contributed by atoms with Gasteiger partial charge in [0.1, 0.15) is 12.2 Å². The smallest absolute Gasteiger partial charge is 0.275 e. The highest BCUT2D eigenvalue weighted by Gasteiger charge is 2.20. The van der Waals surface area contributed by atoms with Crippen LogP contribution in [0.25, 0.3) is 11.0 Å². The molecule has 0 saturated carbocycles. The van der Waals surface area contributed by atoms with Crippen molar-refractivity contribution in [3.8, 4) is 0 Å². The van der Waals surface area contributed by atoms with Crippen LogP contribution in [-0.2, 0) is 6.54 Å². The van der Waals surface area contributed by atoms with Gasteiger partial charge >= 0.3 is 0 Å². The number of fused-ring (bicyclic) bond motifs is 1. The van der Waals surface area contributed by atoms with Crippen molar-refractivity contribution in [2.45, 2.75) is 6.54 Å². The Balaban J connectivity index is 1.17. The minimum absolute atomic E-state index is 0.255. The molecule has 6 heteroatoms. The molecule has 0 spiro atoms. The molecule has 2 N–H and O–H groups in total. The molecule has 1 amide bonds. The van der Waals surface area contributed by atoms with Gasteiger partial charge in [-0.15, -0.1) is 0 Å². The van der Waals surface area contributed by atoms with E-state index < -0.39 is 0 Å². The van der Waals surface area contributed by atoms with Gasteiger partial charge in [0.05, 0.1) is 43.4 Å². The normalized spacial score (nSPS) is 14.4. The summed E-state index contributed by atoms with van der Waals surface area (Å²) in [5, 5.41) is 2.92. The Hall–Kier alpha value is -3.77. The van der Waals surface area contributed by atoms with Crippen molar-refractivity contribution < 1.29 is 9.69 Å². The Labute approximate surface area is 187 Å².